The fraction of sp³-hybridized carbons (Fsp3) is 0.500. The molecule has 0 unspecified atom stereocenters. The van der Waals surface area contributed by atoms with Gasteiger partial charge in [-0.05, 0) is 38.0 Å². The van der Waals surface area contributed by atoms with E-state index in [-0.39, 0.29) is 17.3 Å². The number of hydrogen-bond acceptors (Lipinski definition) is 10. The topological polar surface area (TPSA) is 143 Å². The summed E-state index contributed by atoms with van der Waals surface area (Å²) in [4.78, 5) is 8.60. The molecule has 3 aromatic rings. The van der Waals surface area contributed by atoms with Crippen molar-refractivity contribution in [1.82, 2.24) is 24.7 Å². The van der Waals surface area contributed by atoms with Gasteiger partial charge in [-0.1, -0.05) is 13.0 Å². The Kier molecular flexibility index (Phi) is 7.56. The van der Waals surface area contributed by atoms with E-state index in [1.54, 1.807) is 49.0 Å². The van der Waals surface area contributed by atoms with Crippen molar-refractivity contribution in [1.29, 1.82) is 0 Å². The number of nitrogens with zero attached hydrogens (tertiary/aromatic N) is 5. The van der Waals surface area contributed by atoms with E-state index in [0.717, 1.165) is 5.56 Å². The van der Waals surface area contributed by atoms with Gasteiger partial charge in [0.15, 0.2) is 25.5 Å². The van der Waals surface area contributed by atoms with Crippen LogP contribution in [0.1, 0.15) is 55.1 Å². The highest BCUT2D eigenvalue weighted by Crippen LogP contribution is 2.38. The number of hydrogen-bond donors (Lipinski definition) is 0. The van der Waals surface area contributed by atoms with Gasteiger partial charge in [0, 0.05) is 24.2 Å². The zero-order valence-electron chi connectivity index (χ0n) is 21.4. The maximum atomic E-state index is 13.6. The van der Waals surface area contributed by atoms with Crippen molar-refractivity contribution in [3.63, 3.8) is 0 Å². The fourth-order valence-corrected chi connectivity index (χ4v) is 7.74. The summed E-state index contributed by atoms with van der Waals surface area (Å²) in [6.45, 7) is 5.26. The van der Waals surface area contributed by atoms with Crippen LogP contribution in [-0.2, 0) is 25.4 Å². The zero-order valence-corrected chi connectivity index (χ0v) is 23.1. The van der Waals surface area contributed by atoms with Gasteiger partial charge < -0.3 is 9.47 Å². The molecule has 1 aliphatic heterocycles. The zero-order chi connectivity index (χ0) is 27.0. The first kappa shape index (κ1) is 27.0. The van der Waals surface area contributed by atoms with Crippen LogP contribution < -0.4 is 9.47 Å². The first-order chi connectivity index (χ1) is 17.5. The predicted octanol–water partition coefficient (Wildman–Crippen LogP) is 2.39. The highest BCUT2D eigenvalue weighted by Gasteiger charge is 2.37. The lowest BCUT2D eigenvalue weighted by molar-refractivity contribution is 0.389. The molecule has 1 aliphatic rings. The number of sulfone groups is 2. The van der Waals surface area contributed by atoms with Gasteiger partial charge in [-0.3, -0.25) is 4.57 Å². The van der Waals surface area contributed by atoms with Crippen molar-refractivity contribution in [3.05, 3.63) is 53.6 Å². The third-order valence-corrected chi connectivity index (χ3v) is 10.8. The van der Waals surface area contributed by atoms with Crippen LogP contribution in [0.3, 0.4) is 0 Å². The Morgan fingerprint density at radius 3 is 2.24 bits per heavy atom. The number of aromatic nitrogens is 5. The van der Waals surface area contributed by atoms with Gasteiger partial charge in [-0.2, -0.15) is 0 Å². The lowest BCUT2D eigenvalue weighted by Crippen LogP contribution is -2.27. The third kappa shape index (κ3) is 5.47. The molecular formula is C24H31N5O6S2. The van der Waals surface area contributed by atoms with Crippen LogP contribution in [0, 0.1) is 6.92 Å². The van der Waals surface area contributed by atoms with Crippen molar-refractivity contribution < 1.29 is 26.3 Å². The van der Waals surface area contributed by atoms with Crippen molar-refractivity contribution in [2.24, 2.45) is 0 Å². The van der Waals surface area contributed by atoms with Gasteiger partial charge in [0.1, 0.15) is 34.6 Å². The molecule has 1 saturated heterocycles. The van der Waals surface area contributed by atoms with E-state index in [1.807, 2.05) is 6.92 Å². The van der Waals surface area contributed by atoms with Crippen molar-refractivity contribution in [2.45, 2.75) is 50.0 Å². The minimum atomic E-state index is -3.78. The number of aryl methyl sites for hydroxylation is 1. The second kappa shape index (κ2) is 10.4. The molecule has 0 spiro atoms. The lowest BCUT2D eigenvalue weighted by Gasteiger charge is -2.21. The van der Waals surface area contributed by atoms with Gasteiger partial charge in [0.25, 0.3) is 0 Å². The average Bonchev–Trinajstić information content (AvgIpc) is 3.44. The molecule has 3 atom stereocenters. The first-order valence-corrected chi connectivity index (χ1v) is 15.4. The Labute approximate surface area is 217 Å². The number of methoxy groups -OCH3 is 2. The van der Waals surface area contributed by atoms with Crippen LogP contribution in [0.4, 0.5) is 0 Å². The third-order valence-electron chi connectivity index (χ3n) is 6.79. The lowest BCUT2D eigenvalue weighted by atomic mass is 10.1. The molecule has 0 amide bonds. The predicted molar refractivity (Wildman–Crippen MR) is 138 cm³/mol. The Morgan fingerprint density at radius 2 is 1.70 bits per heavy atom. The number of para-hydroxylation sites is 1. The van der Waals surface area contributed by atoms with E-state index in [4.69, 9.17) is 9.47 Å². The molecule has 11 nitrogen and oxygen atoms in total. The number of benzene rings is 1. The Morgan fingerprint density at radius 1 is 1.08 bits per heavy atom. The van der Waals surface area contributed by atoms with Crippen LogP contribution in [0.2, 0.25) is 0 Å². The van der Waals surface area contributed by atoms with Crippen molar-refractivity contribution in [3.8, 4) is 17.2 Å². The number of rotatable bonds is 9. The summed E-state index contributed by atoms with van der Waals surface area (Å²) in [7, 11) is -4.03. The highest BCUT2D eigenvalue weighted by atomic mass is 32.2. The summed E-state index contributed by atoms with van der Waals surface area (Å²) in [6, 6.07) is 5.17. The van der Waals surface area contributed by atoms with E-state index in [2.05, 4.69) is 20.2 Å². The second-order valence-electron chi connectivity index (χ2n) is 9.34. The van der Waals surface area contributed by atoms with Gasteiger partial charge in [0.05, 0.1) is 31.0 Å². The van der Waals surface area contributed by atoms with E-state index in [1.165, 1.54) is 14.2 Å². The molecule has 4 rings (SSSR count). The summed E-state index contributed by atoms with van der Waals surface area (Å²) in [5.74, 6) is 0.360. The summed E-state index contributed by atoms with van der Waals surface area (Å²) in [5.41, 5.74) is 1.30. The summed E-state index contributed by atoms with van der Waals surface area (Å²) < 4.78 is 64.4. The highest BCUT2D eigenvalue weighted by molar-refractivity contribution is 7.91. The minimum absolute atomic E-state index is 0.0340. The van der Waals surface area contributed by atoms with E-state index < -0.39 is 42.5 Å². The SMILES string of the molecule is COc1cccc(OC)c1-n1c(CS(=O)(=O)[C@@H](C)[C@H](C)c2ncc(C)cn2)nnc1[C@@H]1CCS(=O)(=O)C1. The molecule has 37 heavy (non-hydrogen) atoms. The molecule has 1 aromatic carbocycles. The quantitative estimate of drug-likeness (QED) is 0.390. The fourth-order valence-electron chi connectivity index (χ4n) is 4.45. The van der Waals surface area contributed by atoms with Crippen molar-refractivity contribution in [2.75, 3.05) is 25.7 Å². The molecule has 1 fully saturated rings. The average molecular weight is 550 g/mol. The van der Waals surface area contributed by atoms with E-state index >= 15 is 0 Å². The van der Waals surface area contributed by atoms with Crippen LogP contribution in [0.15, 0.2) is 30.6 Å². The van der Waals surface area contributed by atoms with Gasteiger partial charge in [0.2, 0.25) is 0 Å². The van der Waals surface area contributed by atoms with Gasteiger partial charge in [-0.15, -0.1) is 10.2 Å². The summed E-state index contributed by atoms with van der Waals surface area (Å²) in [5, 5.41) is 7.72. The second-order valence-corrected chi connectivity index (χ2v) is 13.9. The molecule has 2 aromatic heterocycles. The molecule has 3 heterocycles. The first-order valence-electron chi connectivity index (χ1n) is 11.8. The maximum Gasteiger partial charge on any atom is 0.160 e. The molecule has 0 bridgehead atoms. The normalized spacial score (nSPS) is 18.9. The minimum Gasteiger partial charge on any atom is -0.494 e. The Bertz CT molecular complexity index is 1460. The molecule has 200 valence electrons. The van der Waals surface area contributed by atoms with E-state index in [0.29, 0.717) is 35.3 Å². The summed E-state index contributed by atoms with van der Waals surface area (Å²) in [6.07, 6.45) is 3.68. The molecule has 13 heteroatoms. The van der Waals surface area contributed by atoms with Gasteiger partial charge >= 0.3 is 0 Å². The largest absolute Gasteiger partial charge is 0.494 e. The monoisotopic (exact) mass is 549 g/mol. The number of ether oxygens (including phenoxy) is 2. The van der Waals surface area contributed by atoms with Crippen LogP contribution in [-0.4, -0.2) is 72.5 Å². The standard InChI is InChI=1S/C24H31N5O6S2/c1-15-11-25-23(26-12-15)16(2)17(3)37(32,33)14-21-27-28-24(18-9-10-36(30,31)13-18)29(21)22-19(34-4)7-6-8-20(22)35-5/h6-8,11-12,16-18H,9-10,13-14H2,1-5H3/t16-,17-,18+/m0/s1. The maximum absolute atomic E-state index is 13.6. The Balaban J connectivity index is 1.79. The van der Waals surface area contributed by atoms with E-state index in [9.17, 15) is 16.8 Å². The summed E-state index contributed by atoms with van der Waals surface area (Å²) >= 11 is 0. The van der Waals surface area contributed by atoms with Crippen LogP contribution in [0.5, 0.6) is 11.5 Å². The molecule has 0 N–H and O–H groups in total. The van der Waals surface area contributed by atoms with Crippen molar-refractivity contribution >= 4 is 19.7 Å². The van der Waals surface area contributed by atoms with Gasteiger partial charge in [-0.25, -0.2) is 26.8 Å². The van der Waals surface area contributed by atoms with Crippen LogP contribution >= 0.6 is 0 Å². The van der Waals surface area contributed by atoms with Crippen LogP contribution in [0.25, 0.3) is 5.69 Å². The molecule has 0 radical (unpaired) electrons. The molecular weight excluding hydrogens is 518 g/mol. The smallest absolute Gasteiger partial charge is 0.160 e. The molecule has 0 aliphatic carbocycles. The Hall–Kier alpha value is -3.06. The molecule has 0 saturated carbocycles.